The first-order chi connectivity index (χ1) is 12.1. The van der Waals surface area contributed by atoms with Gasteiger partial charge in [-0.3, -0.25) is 4.79 Å². The predicted octanol–water partition coefficient (Wildman–Crippen LogP) is 2.33. The van der Waals surface area contributed by atoms with Crippen LogP contribution in [0.4, 0.5) is 0 Å². The molecule has 1 aromatic carbocycles. The summed E-state index contributed by atoms with van der Waals surface area (Å²) in [7, 11) is 0. The first kappa shape index (κ1) is 17.4. The molecule has 0 spiro atoms. The third-order valence-corrected chi connectivity index (χ3v) is 4.60. The molecule has 2 aromatic rings. The lowest BCUT2D eigenvalue weighted by Crippen LogP contribution is -2.22. The topological polar surface area (TPSA) is 97.8 Å². The van der Waals surface area contributed by atoms with Gasteiger partial charge in [0, 0.05) is 17.6 Å². The van der Waals surface area contributed by atoms with E-state index in [1.54, 1.807) is 24.3 Å². The number of nitrogens with one attached hydrogen (secondary N) is 1. The number of carboxylic acids is 1. The number of amides is 1. The van der Waals surface area contributed by atoms with E-state index in [4.69, 9.17) is 14.6 Å². The van der Waals surface area contributed by atoms with Crippen molar-refractivity contribution >= 4 is 23.2 Å². The molecule has 1 aliphatic rings. The fourth-order valence-electron chi connectivity index (χ4n) is 2.42. The number of hydrogen-bond acceptors (Lipinski definition) is 6. The van der Waals surface area contributed by atoms with Crippen LogP contribution in [0.2, 0.25) is 0 Å². The maximum absolute atomic E-state index is 12.1. The zero-order chi connectivity index (χ0) is 17.6. The van der Waals surface area contributed by atoms with Crippen LogP contribution in [0.5, 0.6) is 5.75 Å². The van der Waals surface area contributed by atoms with Crippen LogP contribution < -0.4 is 10.1 Å². The van der Waals surface area contributed by atoms with Crippen LogP contribution in [0, 0.1) is 0 Å². The van der Waals surface area contributed by atoms with Gasteiger partial charge in [0.15, 0.2) is 5.69 Å². The number of rotatable bonds is 7. The van der Waals surface area contributed by atoms with Gasteiger partial charge in [0.25, 0.3) is 5.91 Å². The van der Waals surface area contributed by atoms with Gasteiger partial charge < -0.3 is 19.9 Å². The van der Waals surface area contributed by atoms with Crippen LogP contribution in [0.1, 0.15) is 38.7 Å². The molecule has 1 amide bonds. The smallest absolute Gasteiger partial charge is 0.355 e. The summed E-state index contributed by atoms with van der Waals surface area (Å²) in [6.07, 6.45) is 2.23. The maximum atomic E-state index is 12.1. The number of carbonyl (C=O) groups excluding carboxylic acids is 1. The van der Waals surface area contributed by atoms with Gasteiger partial charge in [-0.25, -0.2) is 9.78 Å². The van der Waals surface area contributed by atoms with Crippen LogP contribution in [0.3, 0.4) is 0 Å². The molecule has 132 valence electrons. The van der Waals surface area contributed by atoms with Crippen molar-refractivity contribution in [3.63, 3.8) is 0 Å². The van der Waals surface area contributed by atoms with Crippen molar-refractivity contribution in [3.05, 3.63) is 45.9 Å². The lowest BCUT2D eigenvalue weighted by Gasteiger charge is -2.11. The predicted molar refractivity (Wildman–Crippen MR) is 91.2 cm³/mol. The van der Waals surface area contributed by atoms with E-state index in [0.29, 0.717) is 22.9 Å². The minimum Gasteiger partial charge on any atom is -0.491 e. The van der Waals surface area contributed by atoms with Crippen LogP contribution in [0.25, 0.3) is 0 Å². The molecule has 7 nitrogen and oxygen atoms in total. The second-order valence-corrected chi connectivity index (χ2v) is 6.53. The molecule has 1 atom stereocenters. The number of hydrogen-bond donors (Lipinski definition) is 2. The van der Waals surface area contributed by atoms with Crippen molar-refractivity contribution in [3.8, 4) is 5.75 Å². The Morgan fingerprint density at radius 2 is 2.16 bits per heavy atom. The highest BCUT2D eigenvalue weighted by molar-refractivity contribution is 7.09. The molecule has 8 heteroatoms. The minimum absolute atomic E-state index is 0.0120. The molecule has 1 aliphatic heterocycles. The Bertz CT molecular complexity index is 738. The Labute approximate surface area is 148 Å². The lowest BCUT2D eigenvalue weighted by molar-refractivity contribution is 0.0679. The fraction of sp³-hybridized carbons (Fsp3) is 0.353. The summed E-state index contributed by atoms with van der Waals surface area (Å²) in [6.45, 7) is 1.50. The molecule has 1 aromatic heterocycles. The van der Waals surface area contributed by atoms with E-state index in [-0.39, 0.29) is 24.2 Å². The average Bonchev–Trinajstić information content (AvgIpc) is 3.30. The number of carboxylic acid groups (broad SMARTS) is 1. The van der Waals surface area contributed by atoms with E-state index >= 15 is 0 Å². The average molecular weight is 362 g/mol. The van der Waals surface area contributed by atoms with Gasteiger partial charge in [0.05, 0.1) is 12.6 Å². The van der Waals surface area contributed by atoms with E-state index in [2.05, 4.69) is 10.3 Å². The quantitative estimate of drug-likeness (QED) is 0.784. The summed E-state index contributed by atoms with van der Waals surface area (Å²) in [5.74, 6) is -0.636. The van der Waals surface area contributed by atoms with Gasteiger partial charge in [0.2, 0.25) is 0 Å². The fourth-order valence-corrected chi connectivity index (χ4v) is 3.12. The molecule has 0 aliphatic carbocycles. The lowest BCUT2D eigenvalue weighted by atomic mass is 10.2. The normalized spacial score (nSPS) is 16.6. The summed E-state index contributed by atoms with van der Waals surface area (Å²) < 4.78 is 11.2. The molecular formula is C17H18N2O5S. The Morgan fingerprint density at radius 3 is 2.80 bits per heavy atom. The second-order valence-electron chi connectivity index (χ2n) is 5.58. The zero-order valence-electron chi connectivity index (χ0n) is 13.4. The SMILES string of the molecule is O=C(NCc1nc(C(=O)O)cs1)c1ccc(OCC2CCCO2)cc1. The molecule has 1 saturated heterocycles. The summed E-state index contributed by atoms with van der Waals surface area (Å²) >= 11 is 1.20. The number of carbonyl (C=O) groups is 2. The Balaban J connectivity index is 1.48. The highest BCUT2D eigenvalue weighted by Crippen LogP contribution is 2.17. The van der Waals surface area contributed by atoms with Crippen LogP contribution >= 0.6 is 11.3 Å². The van der Waals surface area contributed by atoms with Crippen molar-refractivity contribution in [1.82, 2.24) is 10.3 Å². The highest BCUT2D eigenvalue weighted by Gasteiger charge is 2.16. The van der Waals surface area contributed by atoms with E-state index in [1.165, 1.54) is 16.7 Å². The molecule has 0 radical (unpaired) electrons. The van der Waals surface area contributed by atoms with Gasteiger partial charge in [0.1, 0.15) is 17.4 Å². The largest absolute Gasteiger partial charge is 0.491 e. The van der Waals surface area contributed by atoms with Crippen LogP contribution in [0.15, 0.2) is 29.6 Å². The van der Waals surface area contributed by atoms with Crippen LogP contribution in [-0.4, -0.2) is 41.3 Å². The number of benzene rings is 1. The summed E-state index contributed by atoms with van der Waals surface area (Å²) in [4.78, 5) is 26.8. The van der Waals surface area contributed by atoms with E-state index in [1.807, 2.05) is 0 Å². The second kappa shape index (κ2) is 8.09. The number of ether oxygens (including phenoxy) is 2. The molecule has 0 saturated carbocycles. The van der Waals surface area contributed by atoms with Gasteiger partial charge in [-0.15, -0.1) is 11.3 Å². The third-order valence-electron chi connectivity index (χ3n) is 3.75. The number of thiazole rings is 1. The Hall–Kier alpha value is -2.45. The molecule has 3 rings (SSSR count). The standard InChI is InChI=1S/C17H18N2O5S/c20-16(18-8-15-19-14(10-25-15)17(21)22)11-3-5-12(6-4-11)24-9-13-2-1-7-23-13/h3-6,10,13H,1-2,7-9H2,(H,18,20)(H,21,22). The summed E-state index contributed by atoms with van der Waals surface area (Å²) in [5, 5.41) is 13.5. The van der Waals surface area contributed by atoms with Gasteiger partial charge in [-0.05, 0) is 37.1 Å². The maximum Gasteiger partial charge on any atom is 0.355 e. The van der Waals surface area contributed by atoms with Crippen molar-refractivity contribution in [2.75, 3.05) is 13.2 Å². The van der Waals surface area contributed by atoms with Gasteiger partial charge in [-0.2, -0.15) is 0 Å². The molecule has 2 heterocycles. The first-order valence-electron chi connectivity index (χ1n) is 7.92. The molecule has 0 bridgehead atoms. The van der Waals surface area contributed by atoms with Crippen molar-refractivity contribution < 1.29 is 24.2 Å². The first-order valence-corrected chi connectivity index (χ1v) is 8.80. The monoisotopic (exact) mass is 362 g/mol. The number of aromatic carboxylic acids is 1. The van der Waals surface area contributed by atoms with Gasteiger partial charge in [-0.1, -0.05) is 0 Å². The van der Waals surface area contributed by atoms with E-state index < -0.39 is 5.97 Å². The molecule has 25 heavy (non-hydrogen) atoms. The number of aromatic nitrogens is 1. The van der Waals surface area contributed by atoms with Crippen molar-refractivity contribution in [2.24, 2.45) is 0 Å². The minimum atomic E-state index is -1.08. The van der Waals surface area contributed by atoms with E-state index in [9.17, 15) is 9.59 Å². The van der Waals surface area contributed by atoms with E-state index in [0.717, 1.165) is 19.4 Å². The molecular weight excluding hydrogens is 344 g/mol. The highest BCUT2D eigenvalue weighted by atomic mass is 32.1. The Kier molecular flexibility index (Phi) is 5.62. The molecule has 1 unspecified atom stereocenters. The van der Waals surface area contributed by atoms with Crippen molar-refractivity contribution in [1.29, 1.82) is 0 Å². The Morgan fingerprint density at radius 1 is 1.36 bits per heavy atom. The molecule has 1 fully saturated rings. The van der Waals surface area contributed by atoms with Gasteiger partial charge >= 0.3 is 5.97 Å². The molecule has 2 N–H and O–H groups in total. The summed E-state index contributed by atoms with van der Waals surface area (Å²) in [5.41, 5.74) is 0.487. The third kappa shape index (κ3) is 4.77. The number of nitrogens with zero attached hydrogens (tertiary/aromatic N) is 1. The summed E-state index contributed by atoms with van der Waals surface area (Å²) in [6, 6.07) is 6.86. The zero-order valence-corrected chi connectivity index (χ0v) is 14.3. The van der Waals surface area contributed by atoms with Crippen molar-refractivity contribution in [2.45, 2.75) is 25.5 Å². The van der Waals surface area contributed by atoms with Crippen LogP contribution in [-0.2, 0) is 11.3 Å².